The number of carboxylic acid groups (broad SMARTS) is 1. The fourth-order valence-corrected chi connectivity index (χ4v) is 3.54. The van der Waals surface area contributed by atoms with Crippen molar-refractivity contribution in [2.75, 3.05) is 19.0 Å². The highest BCUT2D eigenvalue weighted by atomic mass is 32.2. The lowest BCUT2D eigenvalue weighted by Gasteiger charge is -2.11. The molecule has 0 unspecified atom stereocenters. The van der Waals surface area contributed by atoms with E-state index in [4.69, 9.17) is 14.6 Å². The molecule has 0 fully saturated rings. The van der Waals surface area contributed by atoms with Gasteiger partial charge in [-0.1, -0.05) is 12.1 Å². The molecule has 1 aromatic carbocycles. The summed E-state index contributed by atoms with van der Waals surface area (Å²) in [5.74, 6) is -1.24. The number of amides is 2. The Morgan fingerprint density at radius 3 is 2.70 bits per heavy atom. The van der Waals surface area contributed by atoms with E-state index in [0.29, 0.717) is 18.6 Å². The quantitative estimate of drug-likeness (QED) is 0.661. The van der Waals surface area contributed by atoms with Crippen molar-refractivity contribution in [3.63, 3.8) is 0 Å². The van der Waals surface area contributed by atoms with E-state index >= 15 is 0 Å². The number of carbonyl (C=O) groups excluding carboxylic acids is 1. The molecule has 0 saturated heterocycles. The fourth-order valence-electron chi connectivity index (χ4n) is 2.43. The van der Waals surface area contributed by atoms with Gasteiger partial charge in [-0.3, -0.25) is 5.32 Å². The molecule has 2 heterocycles. The number of benzene rings is 1. The first kappa shape index (κ1) is 18.4. The summed E-state index contributed by atoms with van der Waals surface area (Å²) in [7, 11) is -3.06. The van der Waals surface area contributed by atoms with Crippen LogP contribution in [0.25, 0.3) is 0 Å². The molecule has 11 nitrogen and oxygen atoms in total. The number of sulfonamides is 1. The molecule has 12 heteroatoms. The first-order chi connectivity index (χ1) is 12.8. The van der Waals surface area contributed by atoms with Gasteiger partial charge in [-0.15, -0.1) is 0 Å². The molecule has 1 aliphatic heterocycles. The predicted molar refractivity (Wildman–Crippen MR) is 90.5 cm³/mol. The first-order valence-electron chi connectivity index (χ1n) is 7.55. The molecule has 142 valence electrons. The van der Waals surface area contributed by atoms with Crippen molar-refractivity contribution in [3.8, 4) is 11.8 Å². The van der Waals surface area contributed by atoms with Gasteiger partial charge in [-0.25, -0.2) is 22.7 Å². The van der Waals surface area contributed by atoms with Crippen LogP contribution in [0.4, 0.5) is 10.7 Å². The lowest BCUT2D eigenvalue weighted by Crippen LogP contribution is -2.35. The average Bonchev–Trinajstić information content (AvgIpc) is 3.09. The Bertz CT molecular complexity index is 1020. The van der Waals surface area contributed by atoms with Crippen molar-refractivity contribution in [1.82, 2.24) is 14.7 Å². The van der Waals surface area contributed by atoms with Crippen LogP contribution >= 0.6 is 0 Å². The Hall–Kier alpha value is -3.41. The third-order valence-corrected chi connectivity index (χ3v) is 4.96. The lowest BCUT2D eigenvalue weighted by atomic mass is 10.2. The number of nitrogens with one attached hydrogen (secondary N) is 2. The molecule has 1 aliphatic rings. The molecule has 2 amide bonds. The van der Waals surface area contributed by atoms with Crippen molar-refractivity contribution >= 4 is 28.0 Å². The van der Waals surface area contributed by atoms with Gasteiger partial charge in [0.2, 0.25) is 17.7 Å². The fraction of sp³-hybridized carbons (Fsp3) is 0.200. The molecule has 0 spiro atoms. The summed E-state index contributed by atoms with van der Waals surface area (Å²) in [6, 6.07) is 3.72. The van der Waals surface area contributed by atoms with E-state index in [0.717, 1.165) is 12.1 Å². The van der Waals surface area contributed by atoms with Crippen LogP contribution in [0.5, 0.6) is 11.8 Å². The predicted octanol–water partition coefficient (Wildman–Crippen LogP) is 0.629. The third-order valence-electron chi connectivity index (χ3n) is 3.57. The van der Waals surface area contributed by atoms with Gasteiger partial charge in [-0.05, 0) is 12.1 Å². The van der Waals surface area contributed by atoms with Gasteiger partial charge in [0.25, 0.3) is 10.0 Å². The minimum absolute atomic E-state index is 0.201. The Kier molecular flexibility index (Phi) is 4.81. The SMILES string of the molecule is COc1nc(NC(=O)NS(=O)(=O)c2ccccc2C(=O)O)nc2c1CCO2. The number of nitrogens with zero attached hydrogens (tertiary/aromatic N) is 2. The average molecular weight is 394 g/mol. The summed E-state index contributed by atoms with van der Waals surface area (Å²) in [6.07, 6.45) is 0.547. The summed E-state index contributed by atoms with van der Waals surface area (Å²) >= 11 is 0. The molecule has 27 heavy (non-hydrogen) atoms. The zero-order chi connectivity index (χ0) is 19.6. The van der Waals surface area contributed by atoms with Crippen molar-refractivity contribution < 1.29 is 32.6 Å². The first-order valence-corrected chi connectivity index (χ1v) is 9.04. The second kappa shape index (κ2) is 7.07. The number of ether oxygens (including phenoxy) is 2. The van der Waals surface area contributed by atoms with Crippen LogP contribution in [0.2, 0.25) is 0 Å². The summed E-state index contributed by atoms with van der Waals surface area (Å²) in [6.45, 7) is 0.385. The number of aromatic nitrogens is 2. The largest absolute Gasteiger partial charge is 0.481 e. The van der Waals surface area contributed by atoms with E-state index in [9.17, 15) is 18.0 Å². The van der Waals surface area contributed by atoms with Gasteiger partial charge in [0.1, 0.15) is 4.90 Å². The number of urea groups is 1. The molecule has 3 N–H and O–H groups in total. The van der Waals surface area contributed by atoms with Crippen LogP contribution in [0.1, 0.15) is 15.9 Å². The van der Waals surface area contributed by atoms with Crippen LogP contribution in [-0.2, 0) is 16.4 Å². The highest BCUT2D eigenvalue weighted by Gasteiger charge is 2.26. The van der Waals surface area contributed by atoms with E-state index in [1.165, 1.54) is 19.2 Å². The number of carboxylic acids is 1. The summed E-state index contributed by atoms with van der Waals surface area (Å²) < 4.78 is 36.8. The molecular weight excluding hydrogens is 380 g/mol. The molecule has 3 rings (SSSR count). The maximum absolute atomic E-state index is 12.3. The number of carbonyl (C=O) groups is 2. The van der Waals surface area contributed by atoms with Gasteiger partial charge in [-0.2, -0.15) is 9.97 Å². The lowest BCUT2D eigenvalue weighted by molar-refractivity contribution is 0.0692. The highest BCUT2D eigenvalue weighted by molar-refractivity contribution is 7.90. The molecule has 1 aromatic heterocycles. The van der Waals surface area contributed by atoms with E-state index in [2.05, 4.69) is 15.3 Å². The van der Waals surface area contributed by atoms with Gasteiger partial charge >= 0.3 is 12.0 Å². The topological polar surface area (TPSA) is 157 Å². The van der Waals surface area contributed by atoms with Crippen molar-refractivity contribution in [1.29, 1.82) is 0 Å². The van der Waals surface area contributed by atoms with E-state index < -0.39 is 32.5 Å². The number of methoxy groups -OCH3 is 1. The molecule has 0 bridgehead atoms. The number of hydrogen-bond acceptors (Lipinski definition) is 8. The second-order valence-electron chi connectivity index (χ2n) is 5.30. The summed E-state index contributed by atoms with van der Waals surface area (Å²) in [4.78, 5) is 30.7. The van der Waals surface area contributed by atoms with Gasteiger partial charge in [0.05, 0.1) is 24.8 Å². The number of aromatic carboxylic acids is 1. The second-order valence-corrected chi connectivity index (χ2v) is 6.95. The van der Waals surface area contributed by atoms with Crippen molar-refractivity contribution in [2.24, 2.45) is 0 Å². The smallest absolute Gasteiger partial charge is 0.337 e. The molecule has 0 aliphatic carbocycles. The van der Waals surface area contributed by atoms with E-state index in [1.807, 2.05) is 0 Å². The third kappa shape index (κ3) is 3.74. The molecular formula is C15H14N4O7S. The Morgan fingerprint density at radius 1 is 1.26 bits per heavy atom. The molecule has 0 saturated carbocycles. The Balaban J connectivity index is 1.81. The Labute approximate surface area is 153 Å². The number of hydrogen-bond donors (Lipinski definition) is 3. The van der Waals surface area contributed by atoms with Gasteiger partial charge < -0.3 is 14.6 Å². The summed E-state index contributed by atoms with van der Waals surface area (Å²) in [5.41, 5.74) is 0.174. The van der Waals surface area contributed by atoms with E-state index in [-0.39, 0.29) is 17.7 Å². The zero-order valence-electron chi connectivity index (χ0n) is 13.9. The minimum Gasteiger partial charge on any atom is -0.481 e. The molecule has 2 aromatic rings. The Morgan fingerprint density at radius 2 is 2.00 bits per heavy atom. The summed E-state index contributed by atoms with van der Waals surface area (Å²) in [5, 5.41) is 11.3. The molecule has 0 radical (unpaired) electrons. The normalized spacial score (nSPS) is 12.6. The zero-order valence-corrected chi connectivity index (χ0v) is 14.7. The van der Waals surface area contributed by atoms with Crippen molar-refractivity contribution in [3.05, 3.63) is 35.4 Å². The van der Waals surface area contributed by atoms with Gasteiger partial charge in [0.15, 0.2) is 0 Å². The van der Waals surface area contributed by atoms with Crippen LogP contribution in [0.15, 0.2) is 29.2 Å². The number of rotatable bonds is 5. The number of anilines is 1. The van der Waals surface area contributed by atoms with Crippen molar-refractivity contribution in [2.45, 2.75) is 11.3 Å². The number of fused-ring (bicyclic) bond motifs is 1. The van der Waals surface area contributed by atoms with Crippen LogP contribution in [-0.4, -0.2) is 49.2 Å². The maximum atomic E-state index is 12.3. The monoisotopic (exact) mass is 394 g/mol. The standard InChI is InChI=1S/C15H14N4O7S/c1-25-11-9-6-7-26-12(9)17-14(16-11)18-15(22)19-27(23,24)10-5-3-2-4-8(10)13(20)21/h2-5H,6-7H2,1H3,(H,20,21)(H2,16,17,18,19,22). The van der Waals surface area contributed by atoms with Gasteiger partial charge in [0, 0.05) is 6.42 Å². The van der Waals surface area contributed by atoms with Crippen LogP contribution in [0, 0.1) is 0 Å². The van der Waals surface area contributed by atoms with E-state index in [1.54, 1.807) is 4.72 Å². The van der Waals surface area contributed by atoms with Crippen LogP contribution < -0.4 is 19.5 Å². The molecule has 0 atom stereocenters. The maximum Gasteiger partial charge on any atom is 0.337 e. The highest BCUT2D eigenvalue weighted by Crippen LogP contribution is 2.31. The van der Waals surface area contributed by atoms with Crippen LogP contribution in [0.3, 0.4) is 0 Å². The minimum atomic E-state index is -4.44.